The summed E-state index contributed by atoms with van der Waals surface area (Å²) in [5.74, 6) is 0.452. The lowest BCUT2D eigenvalue weighted by Gasteiger charge is -2.09. The quantitative estimate of drug-likeness (QED) is 0.501. The van der Waals surface area contributed by atoms with Crippen molar-refractivity contribution in [2.75, 3.05) is 24.2 Å². The number of rotatable bonds is 4. The molecule has 1 unspecified atom stereocenters. The second-order valence-electron chi connectivity index (χ2n) is 2.69. The number of nitrogen functional groups attached to an aromatic ring is 1. The lowest BCUT2D eigenvalue weighted by molar-refractivity contribution is 0.105. The van der Waals surface area contributed by atoms with Crippen LogP contribution in [0.4, 0.5) is 11.5 Å². The number of anilines is 2. The molecule has 0 aliphatic carbocycles. The zero-order valence-corrected chi connectivity index (χ0v) is 7.14. The predicted octanol–water partition coefficient (Wildman–Crippen LogP) is -0.571. The number of hydrogen-bond acceptors (Lipinski definition) is 5. The van der Waals surface area contributed by atoms with Crippen LogP contribution in [0, 0.1) is 0 Å². The highest BCUT2D eigenvalue weighted by atomic mass is 16.3. The van der Waals surface area contributed by atoms with Gasteiger partial charge in [-0.05, 0) is 12.1 Å². The van der Waals surface area contributed by atoms with Gasteiger partial charge in [0, 0.05) is 6.54 Å². The van der Waals surface area contributed by atoms with Gasteiger partial charge in [0.1, 0.15) is 5.82 Å². The Balaban J connectivity index is 2.41. The first-order chi connectivity index (χ1) is 6.22. The lowest BCUT2D eigenvalue weighted by atomic mass is 10.3. The van der Waals surface area contributed by atoms with Crippen molar-refractivity contribution in [2.45, 2.75) is 6.10 Å². The largest absolute Gasteiger partial charge is 0.394 e. The highest BCUT2D eigenvalue weighted by Gasteiger charge is 2.00. The van der Waals surface area contributed by atoms with Crippen molar-refractivity contribution < 1.29 is 10.2 Å². The molecule has 1 aromatic rings. The second kappa shape index (κ2) is 4.64. The van der Waals surface area contributed by atoms with Gasteiger partial charge in [-0.15, -0.1) is 0 Å². The van der Waals surface area contributed by atoms with Gasteiger partial charge in [0.05, 0.1) is 24.6 Å². The Hall–Kier alpha value is -1.33. The predicted molar refractivity (Wildman–Crippen MR) is 50.2 cm³/mol. The van der Waals surface area contributed by atoms with Gasteiger partial charge >= 0.3 is 0 Å². The third-order valence-corrected chi connectivity index (χ3v) is 1.54. The highest BCUT2D eigenvalue weighted by Crippen LogP contribution is 2.06. The summed E-state index contributed by atoms with van der Waals surface area (Å²) in [7, 11) is 0. The molecule has 0 saturated heterocycles. The maximum atomic E-state index is 9.02. The standard InChI is InChI=1S/C8H13N3O2/c9-8-2-1-6(3-11-8)10-4-7(13)5-12/h1-3,7,10,12-13H,4-5H2,(H2,9,11). The number of hydrogen-bond donors (Lipinski definition) is 4. The van der Waals surface area contributed by atoms with Crippen molar-refractivity contribution in [3.63, 3.8) is 0 Å². The summed E-state index contributed by atoms with van der Waals surface area (Å²) < 4.78 is 0. The molecule has 0 saturated carbocycles. The zero-order valence-electron chi connectivity index (χ0n) is 7.14. The summed E-state index contributed by atoms with van der Waals surface area (Å²) in [5, 5.41) is 20.4. The van der Waals surface area contributed by atoms with Gasteiger partial charge in [0.15, 0.2) is 0 Å². The van der Waals surface area contributed by atoms with E-state index in [1.807, 2.05) is 0 Å². The molecule has 72 valence electrons. The first-order valence-corrected chi connectivity index (χ1v) is 3.96. The third-order valence-electron chi connectivity index (χ3n) is 1.54. The molecule has 1 aromatic heterocycles. The molecule has 5 heteroatoms. The first-order valence-electron chi connectivity index (χ1n) is 3.96. The smallest absolute Gasteiger partial charge is 0.123 e. The molecule has 0 aliphatic heterocycles. The molecule has 0 bridgehead atoms. The van der Waals surface area contributed by atoms with Gasteiger partial charge in [-0.2, -0.15) is 0 Å². The van der Waals surface area contributed by atoms with E-state index in [4.69, 9.17) is 15.9 Å². The van der Waals surface area contributed by atoms with E-state index in [-0.39, 0.29) is 6.61 Å². The summed E-state index contributed by atoms with van der Waals surface area (Å²) in [6, 6.07) is 3.42. The van der Waals surface area contributed by atoms with Gasteiger partial charge in [-0.1, -0.05) is 0 Å². The van der Waals surface area contributed by atoms with Crippen LogP contribution in [0.15, 0.2) is 18.3 Å². The van der Waals surface area contributed by atoms with Crippen molar-refractivity contribution >= 4 is 11.5 Å². The van der Waals surface area contributed by atoms with Crippen molar-refractivity contribution in [3.8, 4) is 0 Å². The van der Waals surface area contributed by atoms with E-state index in [1.165, 1.54) is 0 Å². The average Bonchev–Trinajstić information content (AvgIpc) is 2.16. The van der Waals surface area contributed by atoms with Crippen LogP contribution in [-0.4, -0.2) is 34.5 Å². The van der Waals surface area contributed by atoms with Crippen LogP contribution in [0.3, 0.4) is 0 Å². The molecular weight excluding hydrogens is 170 g/mol. The maximum absolute atomic E-state index is 9.02. The Morgan fingerprint density at radius 2 is 2.31 bits per heavy atom. The van der Waals surface area contributed by atoms with Crippen molar-refractivity contribution in [3.05, 3.63) is 18.3 Å². The van der Waals surface area contributed by atoms with Gasteiger partial charge < -0.3 is 21.3 Å². The van der Waals surface area contributed by atoms with Crippen LogP contribution in [0.25, 0.3) is 0 Å². The Morgan fingerprint density at radius 3 is 2.85 bits per heavy atom. The lowest BCUT2D eigenvalue weighted by Crippen LogP contribution is -2.22. The summed E-state index contributed by atoms with van der Waals surface area (Å²) in [6.45, 7) is 0.0392. The van der Waals surface area contributed by atoms with E-state index < -0.39 is 6.10 Å². The van der Waals surface area contributed by atoms with Gasteiger partial charge in [0.25, 0.3) is 0 Å². The number of aromatic nitrogens is 1. The molecule has 0 radical (unpaired) electrons. The van der Waals surface area contributed by atoms with Crippen LogP contribution >= 0.6 is 0 Å². The number of aliphatic hydroxyl groups is 2. The minimum Gasteiger partial charge on any atom is -0.394 e. The first kappa shape index (κ1) is 9.76. The summed E-state index contributed by atoms with van der Waals surface area (Å²) in [4.78, 5) is 3.85. The van der Waals surface area contributed by atoms with Crippen LogP contribution in [0.1, 0.15) is 0 Å². The number of nitrogens with one attached hydrogen (secondary N) is 1. The van der Waals surface area contributed by atoms with Crippen molar-refractivity contribution in [2.24, 2.45) is 0 Å². The Labute approximate surface area is 76.2 Å². The summed E-state index contributed by atoms with van der Waals surface area (Å²) in [5.41, 5.74) is 6.15. The Morgan fingerprint density at radius 1 is 1.54 bits per heavy atom. The fraction of sp³-hybridized carbons (Fsp3) is 0.375. The van der Waals surface area contributed by atoms with Crippen LogP contribution in [0.5, 0.6) is 0 Å². The summed E-state index contributed by atoms with van der Waals surface area (Å²) >= 11 is 0. The van der Waals surface area contributed by atoms with Gasteiger partial charge in [0.2, 0.25) is 0 Å². The minimum atomic E-state index is -0.752. The van der Waals surface area contributed by atoms with E-state index >= 15 is 0 Å². The molecule has 1 heterocycles. The molecule has 13 heavy (non-hydrogen) atoms. The minimum absolute atomic E-state index is 0.255. The monoisotopic (exact) mass is 183 g/mol. The van der Waals surface area contributed by atoms with E-state index in [0.29, 0.717) is 12.4 Å². The number of pyridine rings is 1. The molecule has 0 spiro atoms. The fourth-order valence-corrected chi connectivity index (χ4v) is 0.810. The molecule has 0 aliphatic rings. The molecule has 1 rings (SSSR count). The van der Waals surface area contributed by atoms with Crippen LogP contribution in [-0.2, 0) is 0 Å². The maximum Gasteiger partial charge on any atom is 0.123 e. The van der Waals surface area contributed by atoms with E-state index in [1.54, 1.807) is 18.3 Å². The normalized spacial score (nSPS) is 12.5. The van der Waals surface area contributed by atoms with Gasteiger partial charge in [-0.3, -0.25) is 0 Å². The van der Waals surface area contributed by atoms with Crippen LogP contribution < -0.4 is 11.1 Å². The SMILES string of the molecule is Nc1ccc(NCC(O)CO)cn1. The van der Waals surface area contributed by atoms with Crippen LogP contribution in [0.2, 0.25) is 0 Å². The Bertz CT molecular complexity index is 250. The number of aliphatic hydroxyl groups excluding tert-OH is 2. The molecular formula is C8H13N3O2. The van der Waals surface area contributed by atoms with Crippen molar-refractivity contribution in [1.29, 1.82) is 0 Å². The molecule has 5 N–H and O–H groups in total. The summed E-state index contributed by atoms with van der Waals surface area (Å²) in [6.07, 6.45) is 0.817. The van der Waals surface area contributed by atoms with Gasteiger partial charge in [-0.25, -0.2) is 4.98 Å². The molecule has 0 aromatic carbocycles. The van der Waals surface area contributed by atoms with E-state index in [2.05, 4.69) is 10.3 Å². The zero-order chi connectivity index (χ0) is 9.68. The Kier molecular flexibility index (Phi) is 3.48. The number of nitrogens with zero attached hydrogens (tertiary/aromatic N) is 1. The fourth-order valence-electron chi connectivity index (χ4n) is 0.810. The molecule has 0 amide bonds. The molecule has 1 atom stereocenters. The second-order valence-corrected chi connectivity index (χ2v) is 2.69. The molecule has 0 fully saturated rings. The average molecular weight is 183 g/mol. The topological polar surface area (TPSA) is 91.4 Å². The highest BCUT2D eigenvalue weighted by molar-refractivity contribution is 5.45. The third kappa shape index (κ3) is 3.27. The van der Waals surface area contributed by atoms with E-state index in [0.717, 1.165) is 5.69 Å². The van der Waals surface area contributed by atoms with E-state index in [9.17, 15) is 0 Å². The molecule has 5 nitrogen and oxygen atoms in total. The number of nitrogens with two attached hydrogens (primary N) is 1. The van der Waals surface area contributed by atoms with Crippen molar-refractivity contribution in [1.82, 2.24) is 4.98 Å².